The maximum atomic E-state index is 13.0. The normalized spacial score (nSPS) is 12.5. The van der Waals surface area contributed by atoms with Gasteiger partial charge in [-0.2, -0.15) is 13.0 Å². The van der Waals surface area contributed by atoms with E-state index in [1.165, 1.54) is 23.1 Å². The van der Waals surface area contributed by atoms with Gasteiger partial charge in [0, 0.05) is 85.2 Å². The van der Waals surface area contributed by atoms with Gasteiger partial charge >= 0.3 is 0 Å². The second-order valence-electron chi connectivity index (χ2n) is 16.2. The summed E-state index contributed by atoms with van der Waals surface area (Å²) >= 11 is 3.56. The van der Waals surface area contributed by atoms with Crippen LogP contribution in [0.25, 0.3) is 33.4 Å². The molecule has 0 aromatic heterocycles. The molecule has 0 bridgehead atoms. The molecular weight excluding hydrogens is 905 g/mol. The van der Waals surface area contributed by atoms with E-state index in [9.17, 15) is 25.9 Å². The number of anilines is 2. The van der Waals surface area contributed by atoms with Gasteiger partial charge in [-0.05, 0) is 112 Å². The molecule has 0 amide bonds. The minimum absolute atomic E-state index is 0.225. The summed E-state index contributed by atoms with van der Waals surface area (Å²) in [4.78, 5) is 4.18. The SMILES string of the molecule is Cc1cccc(C)c1N(CCCSc1ccccc1)c1ccc2c(-c3ccccc3S(=O)(=O)O)c3ccc(=[N+](CCCSc4ccccc4)c4c(C)cc(S(=O)(=O)[O-])cc4C)cc-3oc2c1. The van der Waals surface area contributed by atoms with Gasteiger partial charge in [0.05, 0.1) is 11.0 Å². The summed E-state index contributed by atoms with van der Waals surface area (Å²) in [6.07, 6.45) is 1.64. The van der Waals surface area contributed by atoms with Gasteiger partial charge < -0.3 is 13.9 Å². The lowest BCUT2D eigenvalue weighted by Crippen LogP contribution is -2.28. The number of thioether (sulfide) groups is 2. The van der Waals surface area contributed by atoms with Crippen molar-refractivity contribution in [1.29, 1.82) is 0 Å². The van der Waals surface area contributed by atoms with Crippen LogP contribution in [0.3, 0.4) is 0 Å². The molecule has 0 spiro atoms. The minimum atomic E-state index is -4.70. The summed E-state index contributed by atoms with van der Waals surface area (Å²) in [5.41, 5.74) is 8.31. The third kappa shape index (κ3) is 10.5. The molecule has 1 aliphatic heterocycles. The largest absolute Gasteiger partial charge is 0.744 e. The number of hydrogen-bond acceptors (Lipinski definition) is 9. The van der Waals surface area contributed by atoms with Gasteiger partial charge in [-0.1, -0.05) is 72.8 Å². The minimum Gasteiger partial charge on any atom is -0.744 e. The number of aryl methyl sites for hydroxylation is 4. The van der Waals surface area contributed by atoms with E-state index in [4.69, 9.17) is 4.42 Å². The summed E-state index contributed by atoms with van der Waals surface area (Å²) in [6, 6.07) is 47.8. The second-order valence-corrected chi connectivity index (χ2v) is 21.3. The van der Waals surface area contributed by atoms with E-state index in [0.29, 0.717) is 51.1 Å². The molecule has 1 N–H and O–H groups in total. The summed E-state index contributed by atoms with van der Waals surface area (Å²) in [7, 11) is -9.35. The molecular formula is C53H50N2O7S4. The van der Waals surface area contributed by atoms with Gasteiger partial charge in [-0.25, -0.2) is 8.42 Å². The van der Waals surface area contributed by atoms with Crippen molar-refractivity contribution < 1.29 is 30.4 Å². The number of para-hydroxylation sites is 1. The van der Waals surface area contributed by atoms with E-state index in [1.54, 1.807) is 43.8 Å². The monoisotopic (exact) mass is 954 g/mol. The molecule has 66 heavy (non-hydrogen) atoms. The van der Waals surface area contributed by atoms with Gasteiger partial charge in [-0.15, -0.1) is 23.5 Å². The zero-order chi connectivity index (χ0) is 46.6. The summed E-state index contributed by atoms with van der Waals surface area (Å²) in [5, 5.41) is 1.41. The zero-order valence-electron chi connectivity index (χ0n) is 37.1. The Bertz CT molecular complexity index is 3280. The van der Waals surface area contributed by atoms with Crippen LogP contribution in [0, 0.1) is 27.7 Å². The first-order valence-electron chi connectivity index (χ1n) is 21.6. The fourth-order valence-electron chi connectivity index (χ4n) is 8.71. The van der Waals surface area contributed by atoms with Crippen LogP contribution in [0.2, 0.25) is 0 Å². The van der Waals surface area contributed by atoms with E-state index >= 15 is 0 Å². The van der Waals surface area contributed by atoms with Crippen LogP contribution in [0.1, 0.15) is 35.1 Å². The highest BCUT2D eigenvalue weighted by atomic mass is 32.2. The van der Waals surface area contributed by atoms with Crippen molar-refractivity contribution in [2.75, 3.05) is 29.5 Å². The number of benzene rings is 7. The number of fused-ring (bicyclic) bond motifs is 2. The molecule has 1 heterocycles. The Morgan fingerprint density at radius 2 is 1.24 bits per heavy atom. The Morgan fingerprint density at radius 1 is 0.636 bits per heavy atom. The molecule has 13 heteroatoms. The fraction of sp³-hybridized carbons (Fsp3) is 0.189. The molecule has 6 aromatic carbocycles. The Morgan fingerprint density at radius 3 is 1.86 bits per heavy atom. The lowest BCUT2D eigenvalue weighted by atomic mass is 9.93. The highest BCUT2D eigenvalue weighted by Gasteiger charge is 2.27. The first-order chi connectivity index (χ1) is 31.7. The van der Waals surface area contributed by atoms with Crippen molar-refractivity contribution >= 4 is 71.8 Å². The maximum absolute atomic E-state index is 13.0. The third-order valence-electron chi connectivity index (χ3n) is 11.6. The molecule has 8 rings (SSSR count). The van der Waals surface area contributed by atoms with Crippen molar-refractivity contribution in [1.82, 2.24) is 4.58 Å². The van der Waals surface area contributed by atoms with E-state index in [1.807, 2.05) is 84.6 Å². The molecule has 0 saturated carbocycles. The molecule has 1 aliphatic carbocycles. The predicted molar refractivity (Wildman–Crippen MR) is 268 cm³/mol. The first-order valence-corrected chi connectivity index (χ1v) is 26.4. The van der Waals surface area contributed by atoms with Gasteiger partial charge in [-0.3, -0.25) is 4.55 Å². The quantitative estimate of drug-likeness (QED) is 0.0328. The standard InChI is InChI=1S/C53H50N2O7S4/c1-36-16-13-17-37(2)52(36)54(28-14-30-63-42-18-7-5-8-19-42)40-24-26-45-48(34-40)62-49-35-41(25-27-46(49)51(45)47-22-11-12-23-50(47)66(59,60)61)55(29-15-31-64-43-20-9-6-10-21-43)53-38(3)32-44(33-39(53)4)65(56,57)58/h5-13,16-27,32-35H,14-15,28-31H2,1-4H3,(H-,56,57,58,59,60,61). The smallest absolute Gasteiger partial charge is 0.295 e. The fourth-order valence-corrected chi connectivity index (χ4v) is 11.8. The molecule has 2 aliphatic rings. The number of nitrogens with zero attached hydrogens (tertiary/aromatic N) is 2. The Balaban J connectivity index is 1.33. The Kier molecular flexibility index (Phi) is 14.2. The summed E-state index contributed by atoms with van der Waals surface area (Å²) in [6.45, 7) is 9.09. The molecule has 0 radical (unpaired) electrons. The number of hydrogen-bond donors (Lipinski definition) is 1. The van der Waals surface area contributed by atoms with Crippen LogP contribution in [0.4, 0.5) is 17.1 Å². The molecule has 338 valence electrons. The van der Waals surface area contributed by atoms with Crippen LogP contribution < -0.4 is 14.8 Å². The van der Waals surface area contributed by atoms with Crippen molar-refractivity contribution in [3.05, 3.63) is 179 Å². The molecule has 0 unspecified atom stereocenters. The van der Waals surface area contributed by atoms with Gasteiger partial charge in [0.25, 0.3) is 10.1 Å². The molecule has 0 atom stereocenters. The maximum Gasteiger partial charge on any atom is 0.295 e. The number of rotatable bonds is 16. The van der Waals surface area contributed by atoms with Gasteiger partial charge in [0.1, 0.15) is 32.9 Å². The van der Waals surface area contributed by atoms with Gasteiger partial charge in [0.2, 0.25) is 11.0 Å². The van der Waals surface area contributed by atoms with Crippen LogP contribution in [-0.2, 0) is 20.2 Å². The lowest BCUT2D eigenvalue weighted by molar-refractivity contribution is 0.462. The average Bonchev–Trinajstić information content (AvgIpc) is 3.29. The van der Waals surface area contributed by atoms with Gasteiger partial charge in [0.15, 0.2) is 0 Å². The average molecular weight is 955 g/mol. The van der Waals surface area contributed by atoms with Crippen LogP contribution in [-0.4, -0.2) is 50.5 Å². The first kappa shape index (κ1) is 46.8. The highest BCUT2D eigenvalue weighted by Crippen LogP contribution is 2.44. The van der Waals surface area contributed by atoms with Crippen molar-refractivity contribution in [3.8, 4) is 22.5 Å². The Labute approximate surface area is 395 Å². The van der Waals surface area contributed by atoms with E-state index in [-0.39, 0.29) is 9.79 Å². The van der Waals surface area contributed by atoms with Crippen molar-refractivity contribution in [2.45, 2.75) is 60.1 Å². The Hall–Kier alpha value is -5.67. The van der Waals surface area contributed by atoms with E-state index in [2.05, 4.69) is 65.8 Å². The van der Waals surface area contributed by atoms with E-state index in [0.717, 1.165) is 69.3 Å². The van der Waals surface area contributed by atoms with Crippen molar-refractivity contribution in [2.24, 2.45) is 0 Å². The molecule has 0 fully saturated rings. The second kappa shape index (κ2) is 20.1. The van der Waals surface area contributed by atoms with Crippen LogP contribution in [0.5, 0.6) is 0 Å². The molecule has 0 saturated heterocycles. The topological polar surface area (TPSA) is 131 Å². The summed E-state index contributed by atoms with van der Waals surface area (Å²) < 4.78 is 82.2. The highest BCUT2D eigenvalue weighted by molar-refractivity contribution is 7.99. The van der Waals surface area contributed by atoms with Crippen molar-refractivity contribution in [3.63, 3.8) is 0 Å². The van der Waals surface area contributed by atoms with Crippen LogP contribution in [0.15, 0.2) is 176 Å². The molecule has 6 aromatic rings. The molecule has 9 nitrogen and oxygen atoms in total. The predicted octanol–water partition coefficient (Wildman–Crippen LogP) is 12.2. The summed E-state index contributed by atoms with van der Waals surface area (Å²) in [5.74, 6) is 2.17. The lowest BCUT2D eigenvalue weighted by Gasteiger charge is -2.29. The van der Waals surface area contributed by atoms with E-state index < -0.39 is 20.2 Å². The van der Waals surface area contributed by atoms with Crippen LogP contribution >= 0.6 is 23.5 Å². The third-order valence-corrected chi connectivity index (χ3v) is 15.5. The zero-order valence-corrected chi connectivity index (χ0v) is 40.4.